The molecule has 1 saturated heterocycles. The Balaban J connectivity index is 1.44. The van der Waals surface area contributed by atoms with Crippen LogP contribution in [0.25, 0.3) is 11.0 Å². The molecule has 25 heavy (non-hydrogen) atoms. The van der Waals surface area contributed by atoms with E-state index in [-0.39, 0.29) is 11.8 Å². The maximum atomic E-state index is 12.6. The van der Waals surface area contributed by atoms with Gasteiger partial charge in [-0.2, -0.15) is 5.10 Å². The fourth-order valence-electron chi connectivity index (χ4n) is 3.62. The Morgan fingerprint density at radius 3 is 3.08 bits per heavy atom. The van der Waals surface area contributed by atoms with Crippen molar-refractivity contribution in [1.29, 1.82) is 0 Å². The van der Waals surface area contributed by atoms with Gasteiger partial charge in [-0.05, 0) is 37.5 Å². The molecule has 1 aliphatic heterocycles. The van der Waals surface area contributed by atoms with Crippen molar-refractivity contribution in [3.63, 3.8) is 0 Å². The van der Waals surface area contributed by atoms with Crippen molar-refractivity contribution < 1.29 is 4.79 Å². The van der Waals surface area contributed by atoms with Crippen LogP contribution < -0.4 is 0 Å². The van der Waals surface area contributed by atoms with Crippen molar-refractivity contribution in [3.8, 4) is 0 Å². The number of para-hydroxylation sites is 1. The highest BCUT2D eigenvalue weighted by molar-refractivity contribution is 5.79. The largest absolute Gasteiger partial charge is 0.342 e. The van der Waals surface area contributed by atoms with Crippen molar-refractivity contribution in [2.75, 3.05) is 13.1 Å². The lowest BCUT2D eigenvalue weighted by Gasteiger charge is -2.32. The molecule has 0 aliphatic carbocycles. The molecule has 0 bridgehead atoms. The summed E-state index contributed by atoms with van der Waals surface area (Å²) in [6.45, 7) is 4.31. The van der Waals surface area contributed by atoms with Gasteiger partial charge in [0.15, 0.2) is 0 Å². The summed E-state index contributed by atoms with van der Waals surface area (Å²) in [5, 5.41) is 4.16. The third-order valence-electron chi connectivity index (χ3n) is 5.01. The van der Waals surface area contributed by atoms with Crippen LogP contribution in [0.1, 0.15) is 36.6 Å². The van der Waals surface area contributed by atoms with E-state index in [9.17, 15) is 4.79 Å². The number of benzene rings is 1. The zero-order valence-electron chi connectivity index (χ0n) is 14.5. The standard InChI is InChI=1S/C19H23N5O/c1-14-5-2-7-16-18(14)22-19(21-16)15-6-3-10-23(13-15)17(25)8-12-24-11-4-9-20-24/h2,4-5,7,9,11,15H,3,6,8,10,12-13H2,1H3,(H,21,22)/t15-/m1/s1. The third-order valence-corrected chi connectivity index (χ3v) is 5.01. The number of rotatable bonds is 4. The molecule has 1 atom stereocenters. The number of hydrogen-bond acceptors (Lipinski definition) is 3. The highest BCUT2D eigenvalue weighted by Gasteiger charge is 2.26. The van der Waals surface area contributed by atoms with E-state index in [1.54, 1.807) is 10.9 Å². The predicted octanol–water partition coefficient (Wildman–Crippen LogP) is 2.86. The zero-order chi connectivity index (χ0) is 17.2. The number of likely N-dealkylation sites (tertiary alicyclic amines) is 1. The van der Waals surface area contributed by atoms with E-state index >= 15 is 0 Å². The zero-order valence-corrected chi connectivity index (χ0v) is 14.5. The van der Waals surface area contributed by atoms with Crippen molar-refractivity contribution in [3.05, 3.63) is 48.0 Å². The van der Waals surface area contributed by atoms with Gasteiger partial charge < -0.3 is 9.88 Å². The fraction of sp³-hybridized carbons (Fsp3) is 0.421. The van der Waals surface area contributed by atoms with Gasteiger partial charge in [-0.15, -0.1) is 0 Å². The molecule has 0 unspecified atom stereocenters. The van der Waals surface area contributed by atoms with Crippen molar-refractivity contribution in [1.82, 2.24) is 24.6 Å². The summed E-state index contributed by atoms with van der Waals surface area (Å²) in [6.07, 6.45) is 6.22. The lowest BCUT2D eigenvalue weighted by Crippen LogP contribution is -2.39. The maximum absolute atomic E-state index is 12.6. The van der Waals surface area contributed by atoms with Crippen LogP contribution in [0.4, 0.5) is 0 Å². The Labute approximate surface area is 146 Å². The van der Waals surface area contributed by atoms with Gasteiger partial charge >= 0.3 is 0 Å². The van der Waals surface area contributed by atoms with Gasteiger partial charge in [0.05, 0.1) is 11.0 Å². The van der Waals surface area contributed by atoms with Crippen LogP contribution in [-0.2, 0) is 11.3 Å². The van der Waals surface area contributed by atoms with Gasteiger partial charge in [-0.1, -0.05) is 12.1 Å². The molecule has 1 aromatic carbocycles. The Kier molecular flexibility index (Phi) is 4.26. The van der Waals surface area contributed by atoms with Crippen molar-refractivity contribution >= 4 is 16.9 Å². The van der Waals surface area contributed by atoms with Crippen LogP contribution in [-0.4, -0.2) is 43.6 Å². The average Bonchev–Trinajstić information content (AvgIpc) is 3.30. The van der Waals surface area contributed by atoms with Gasteiger partial charge in [0.1, 0.15) is 5.82 Å². The molecule has 3 aromatic rings. The molecule has 4 rings (SSSR count). The second-order valence-electron chi connectivity index (χ2n) is 6.79. The number of piperidine rings is 1. The minimum absolute atomic E-state index is 0.201. The number of hydrogen-bond donors (Lipinski definition) is 1. The van der Waals surface area contributed by atoms with E-state index in [1.165, 1.54) is 5.56 Å². The Morgan fingerprint density at radius 2 is 2.28 bits per heavy atom. The maximum Gasteiger partial charge on any atom is 0.224 e. The Bertz CT molecular complexity index is 867. The van der Waals surface area contributed by atoms with Crippen LogP contribution in [0.3, 0.4) is 0 Å². The number of imidazole rings is 1. The van der Waals surface area contributed by atoms with Gasteiger partial charge in [0.2, 0.25) is 5.91 Å². The quantitative estimate of drug-likeness (QED) is 0.796. The second-order valence-corrected chi connectivity index (χ2v) is 6.79. The second kappa shape index (κ2) is 6.70. The van der Waals surface area contributed by atoms with E-state index in [1.807, 2.05) is 23.2 Å². The Hall–Kier alpha value is -2.63. The summed E-state index contributed by atoms with van der Waals surface area (Å²) in [5.41, 5.74) is 3.31. The molecule has 1 aliphatic rings. The summed E-state index contributed by atoms with van der Waals surface area (Å²) in [6, 6.07) is 8.07. The number of aryl methyl sites for hydroxylation is 2. The average molecular weight is 337 g/mol. The SMILES string of the molecule is Cc1cccc2[nH]c([C@@H]3CCCN(C(=O)CCn4cccn4)C3)nc12. The van der Waals surface area contributed by atoms with Gasteiger partial charge in [0, 0.05) is 44.4 Å². The summed E-state index contributed by atoms with van der Waals surface area (Å²) in [5.74, 6) is 1.50. The van der Waals surface area contributed by atoms with Crippen molar-refractivity contribution in [2.45, 2.75) is 38.6 Å². The number of amides is 1. The van der Waals surface area contributed by atoms with E-state index in [0.29, 0.717) is 13.0 Å². The summed E-state index contributed by atoms with van der Waals surface area (Å²) >= 11 is 0. The molecule has 0 spiro atoms. The number of carbonyl (C=O) groups is 1. The Morgan fingerprint density at radius 1 is 1.36 bits per heavy atom. The molecular formula is C19H23N5O. The van der Waals surface area contributed by atoms with Crippen LogP contribution in [0.15, 0.2) is 36.7 Å². The number of aromatic nitrogens is 4. The first-order valence-electron chi connectivity index (χ1n) is 8.91. The van der Waals surface area contributed by atoms with E-state index in [0.717, 1.165) is 42.8 Å². The minimum Gasteiger partial charge on any atom is -0.342 e. The molecule has 6 nitrogen and oxygen atoms in total. The van der Waals surface area contributed by atoms with Crippen LogP contribution in [0, 0.1) is 6.92 Å². The molecule has 3 heterocycles. The molecule has 1 amide bonds. The third kappa shape index (κ3) is 3.29. The van der Waals surface area contributed by atoms with E-state index in [4.69, 9.17) is 4.98 Å². The molecular weight excluding hydrogens is 314 g/mol. The van der Waals surface area contributed by atoms with E-state index in [2.05, 4.69) is 29.1 Å². The van der Waals surface area contributed by atoms with E-state index < -0.39 is 0 Å². The predicted molar refractivity (Wildman–Crippen MR) is 96.2 cm³/mol. The first kappa shape index (κ1) is 15.9. The number of H-pyrrole nitrogens is 1. The highest BCUT2D eigenvalue weighted by Crippen LogP contribution is 2.28. The summed E-state index contributed by atoms with van der Waals surface area (Å²) in [4.78, 5) is 22.8. The van der Waals surface area contributed by atoms with Gasteiger partial charge in [-0.25, -0.2) is 4.98 Å². The topological polar surface area (TPSA) is 66.8 Å². The summed E-state index contributed by atoms with van der Waals surface area (Å²) < 4.78 is 1.81. The molecule has 1 N–H and O–H groups in total. The number of nitrogens with zero attached hydrogens (tertiary/aromatic N) is 4. The van der Waals surface area contributed by atoms with Crippen LogP contribution in [0.2, 0.25) is 0 Å². The fourth-order valence-corrected chi connectivity index (χ4v) is 3.62. The normalized spacial score (nSPS) is 18.0. The molecule has 130 valence electrons. The lowest BCUT2D eigenvalue weighted by molar-refractivity contribution is -0.132. The van der Waals surface area contributed by atoms with Gasteiger partial charge in [-0.3, -0.25) is 9.48 Å². The smallest absolute Gasteiger partial charge is 0.224 e. The molecule has 0 radical (unpaired) electrons. The van der Waals surface area contributed by atoms with Crippen molar-refractivity contribution in [2.24, 2.45) is 0 Å². The monoisotopic (exact) mass is 337 g/mol. The van der Waals surface area contributed by atoms with Crippen LogP contribution >= 0.6 is 0 Å². The first-order chi connectivity index (χ1) is 12.2. The number of fused-ring (bicyclic) bond motifs is 1. The van der Waals surface area contributed by atoms with Crippen LogP contribution in [0.5, 0.6) is 0 Å². The number of aromatic amines is 1. The molecule has 6 heteroatoms. The lowest BCUT2D eigenvalue weighted by atomic mass is 9.97. The highest BCUT2D eigenvalue weighted by atomic mass is 16.2. The summed E-state index contributed by atoms with van der Waals surface area (Å²) in [7, 11) is 0. The number of carbonyl (C=O) groups excluding carboxylic acids is 1. The van der Waals surface area contributed by atoms with Gasteiger partial charge in [0.25, 0.3) is 0 Å². The molecule has 1 fully saturated rings. The number of nitrogens with one attached hydrogen (secondary N) is 1. The molecule has 2 aromatic heterocycles. The minimum atomic E-state index is 0.201. The molecule has 0 saturated carbocycles. The first-order valence-corrected chi connectivity index (χ1v) is 8.91.